The average molecular weight is 122 g/mol. The van der Waals surface area contributed by atoms with E-state index in [1.807, 2.05) is 0 Å². The first-order valence-electron chi connectivity index (χ1n) is 2.56. The molecule has 1 aliphatic rings. The van der Waals surface area contributed by atoms with Gasteiger partial charge in [0.05, 0.1) is 0 Å². The lowest BCUT2D eigenvalue weighted by molar-refractivity contribution is -0.141. The Hall–Kier alpha value is -1.23. The highest BCUT2D eigenvalue weighted by atomic mass is 16.6. The standard InChI is InChI=1S/C7H6O2/c1-3-7(2)5-4-6(8)9-7/h1,4-5H,2H3. The smallest absolute Gasteiger partial charge is 0.332 e. The maximum atomic E-state index is 10.4. The van der Waals surface area contributed by atoms with Crippen LogP contribution in [0.5, 0.6) is 0 Å². The van der Waals surface area contributed by atoms with Crippen LogP contribution in [0, 0.1) is 12.3 Å². The summed E-state index contributed by atoms with van der Waals surface area (Å²) in [5.74, 6) is 1.98. The van der Waals surface area contributed by atoms with Crippen LogP contribution in [-0.4, -0.2) is 11.6 Å². The van der Waals surface area contributed by atoms with Crippen molar-refractivity contribution < 1.29 is 9.53 Å². The Bertz CT molecular complexity index is 209. The van der Waals surface area contributed by atoms with Gasteiger partial charge >= 0.3 is 5.97 Å². The normalized spacial score (nSPS) is 31.8. The van der Waals surface area contributed by atoms with Gasteiger partial charge < -0.3 is 4.74 Å². The van der Waals surface area contributed by atoms with Crippen LogP contribution in [0.3, 0.4) is 0 Å². The van der Waals surface area contributed by atoms with Crippen molar-refractivity contribution in [2.45, 2.75) is 12.5 Å². The highest BCUT2D eigenvalue weighted by Crippen LogP contribution is 2.16. The van der Waals surface area contributed by atoms with Gasteiger partial charge in [0.25, 0.3) is 0 Å². The van der Waals surface area contributed by atoms with Gasteiger partial charge in [-0.1, -0.05) is 5.92 Å². The molecule has 0 fully saturated rings. The second kappa shape index (κ2) is 1.63. The largest absolute Gasteiger partial charge is 0.439 e. The molecule has 0 aromatic rings. The molecule has 46 valence electrons. The maximum absolute atomic E-state index is 10.4. The quantitative estimate of drug-likeness (QED) is 0.345. The van der Waals surface area contributed by atoms with Crippen LogP contribution in [0.2, 0.25) is 0 Å². The fourth-order valence-corrected chi connectivity index (χ4v) is 0.582. The molecule has 0 spiro atoms. The highest BCUT2D eigenvalue weighted by molar-refractivity contribution is 5.85. The SMILES string of the molecule is C#CC1(C)C=CC(=O)O1. The second-order valence-corrected chi connectivity index (χ2v) is 2.01. The van der Waals surface area contributed by atoms with Gasteiger partial charge in [-0.3, -0.25) is 0 Å². The summed E-state index contributed by atoms with van der Waals surface area (Å²) >= 11 is 0. The summed E-state index contributed by atoms with van der Waals surface area (Å²) < 4.78 is 4.71. The van der Waals surface area contributed by atoms with Gasteiger partial charge in [-0.15, -0.1) is 6.42 Å². The zero-order chi connectivity index (χ0) is 6.91. The number of cyclic esters (lactones) is 1. The van der Waals surface area contributed by atoms with Gasteiger partial charge in [0.1, 0.15) is 0 Å². The van der Waals surface area contributed by atoms with Gasteiger partial charge in [-0.25, -0.2) is 4.79 Å². The summed E-state index contributed by atoms with van der Waals surface area (Å²) in [4.78, 5) is 10.4. The molecular weight excluding hydrogens is 116 g/mol. The molecule has 9 heavy (non-hydrogen) atoms. The molecule has 0 amide bonds. The van der Waals surface area contributed by atoms with E-state index in [9.17, 15) is 4.79 Å². The highest BCUT2D eigenvalue weighted by Gasteiger charge is 2.27. The third kappa shape index (κ3) is 0.945. The van der Waals surface area contributed by atoms with Crippen molar-refractivity contribution in [3.63, 3.8) is 0 Å². The van der Waals surface area contributed by atoms with E-state index < -0.39 is 5.60 Å². The molecule has 0 radical (unpaired) electrons. The molecule has 1 atom stereocenters. The molecule has 0 N–H and O–H groups in total. The van der Waals surface area contributed by atoms with E-state index >= 15 is 0 Å². The van der Waals surface area contributed by atoms with Crippen LogP contribution in [0.1, 0.15) is 6.92 Å². The minimum atomic E-state index is -0.795. The Morgan fingerprint density at radius 2 is 2.56 bits per heavy atom. The van der Waals surface area contributed by atoms with Crippen molar-refractivity contribution in [1.82, 2.24) is 0 Å². The predicted molar refractivity (Wildman–Crippen MR) is 32.5 cm³/mol. The van der Waals surface area contributed by atoms with Crippen LogP contribution in [-0.2, 0) is 9.53 Å². The van der Waals surface area contributed by atoms with Crippen molar-refractivity contribution in [2.75, 3.05) is 0 Å². The lowest BCUT2D eigenvalue weighted by Gasteiger charge is -2.11. The zero-order valence-electron chi connectivity index (χ0n) is 5.05. The van der Waals surface area contributed by atoms with Gasteiger partial charge in [0.2, 0.25) is 0 Å². The number of rotatable bonds is 0. The number of carbonyl (C=O) groups is 1. The topological polar surface area (TPSA) is 26.3 Å². The molecule has 1 rings (SSSR count). The summed E-state index contributed by atoms with van der Waals surface area (Å²) in [6, 6.07) is 0. The molecule has 0 bridgehead atoms. The van der Waals surface area contributed by atoms with Gasteiger partial charge in [-0.05, 0) is 13.0 Å². The molecule has 0 aliphatic carbocycles. The lowest BCUT2D eigenvalue weighted by Crippen LogP contribution is -2.20. The van der Waals surface area contributed by atoms with Crippen molar-refractivity contribution in [3.8, 4) is 12.3 Å². The zero-order valence-corrected chi connectivity index (χ0v) is 5.05. The summed E-state index contributed by atoms with van der Waals surface area (Å²) in [6.45, 7) is 1.66. The second-order valence-electron chi connectivity index (χ2n) is 2.01. The molecule has 0 aromatic carbocycles. The molecular formula is C7H6O2. The Kier molecular flexibility index (Phi) is 1.07. The van der Waals surface area contributed by atoms with Crippen LogP contribution in [0.4, 0.5) is 0 Å². The Labute approximate surface area is 53.5 Å². The molecule has 0 saturated heterocycles. The third-order valence-corrected chi connectivity index (χ3v) is 1.14. The Morgan fingerprint density at radius 3 is 2.78 bits per heavy atom. The van der Waals surface area contributed by atoms with Crippen LogP contribution in [0.25, 0.3) is 0 Å². The van der Waals surface area contributed by atoms with E-state index in [-0.39, 0.29) is 5.97 Å². The first kappa shape index (κ1) is 5.90. The molecule has 2 nitrogen and oxygen atoms in total. The van der Waals surface area contributed by atoms with Crippen molar-refractivity contribution >= 4 is 5.97 Å². The Balaban J connectivity index is 2.83. The average Bonchev–Trinajstić information content (AvgIpc) is 2.13. The summed E-state index contributed by atoms with van der Waals surface area (Å²) in [6.07, 6.45) is 7.95. The van der Waals surface area contributed by atoms with Crippen LogP contribution in [0.15, 0.2) is 12.2 Å². The summed E-state index contributed by atoms with van der Waals surface area (Å²) in [5.41, 5.74) is -0.795. The summed E-state index contributed by atoms with van der Waals surface area (Å²) in [7, 11) is 0. The number of carbonyl (C=O) groups excluding carboxylic acids is 1. The number of hydrogen-bond acceptors (Lipinski definition) is 2. The van der Waals surface area contributed by atoms with Crippen molar-refractivity contribution in [2.24, 2.45) is 0 Å². The minimum Gasteiger partial charge on any atom is -0.439 e. The van der Waals surface area contributed by atoms with Gasteiger partial charge in [-0.2, -0.15) is 0 Å². The molecule has 0 aromatic heterocycles. The molecule has 2 heteroatoms. The predicted octanol–water partition coefficient (Wildman–Crippen LogP) is 0.491. The van der Waals surface area contributed by atoms with Crippen LogP contribution < -0.4 is 0 Å². The molecule has 0 saturated carbocycles. The van der Waals surface area contributed by atoms with Crippen molar-refractivity contribution in [3.05, 3.63) is 12.2 Å². The van der Waals surface area contributed by atoms with E-state index in [0.29, 0.717) is 0 Å². The number of terminal acetylenes is 1. The van der Waals surface area contributed by atoms with E-state index in [4.69, 9.17) is 11.2 Å². The van der Waals surface area contributed by atoms with E-state index in [1.54, 1.807) is 13.0 Å². The fraction of sp³-hybridized carbons (Fsp3) is 0.286. The molecule has 1 heterocycles. The third-order valence-electron chi connectivity index (χ3n) is 1.14. The summed E-state index contributed by atoms with van der Waals surface area (Å²) in [5, 5.41) is 0. The van der Waals surface area contributed by atoms with Gasteiger partial charge in [0.15, 0.2) is 5.60 Å². The number of esters is 1. The fourth-order valence-electron chi connectivity index (χ4n) is 0.582. The van der Waals surface area contributed by atoms with E-state index in [1.165, 1.54) is 6.08 Å². The minimum absolute atomic E-state index is 0.365. The van der Waals surface area contributed by atoms with Crippen molar-refractivity contribution in [1.29, 1.82) is 0 Å². The van der Waals surface area contributed by atoms with Crippen LogP contribution >= 0.6 is 0 Å². The Morgan fingerprint density at radius 1 is 1.89 bits per heavy atom. The molecule has 1 unspecified atom stereocenters. The number of hydrogen-bond donors (Lipinski definition) is 0. The first-order chi connectivity index (χ1) is 4.16. The van der Waals surface area contributed by atoms with E-state index in [0.717, 1.165) is 0 Å². The first-order valence-corrected chi connectivity index (χ1v) is 2.56. The lowest BCUT2D eigenvalue weighted by atomic mass is 10.1. The van der Waals surface area contributed by atoms with E-state index in [2.05, 4.69) is 5.92 Å². The number of ether oxygens (including phenoxy) is 1. The maximum Gasteiger partial charge on any atom is 0.332 e. The molecule has 1 aliphatic heterocycles. The van der Waals surface area contributed by atoms with Gasteiger partial charge in [0, 0.05) is 6.08 Å². The monoisotopic (exact) mass is 122 g/mol.